The topological polar surface area (TPSA) is 42.2 Å². The zero-order valence-electron chi connectivity index (χ0n) is 9.76. The van der Waals surface area contributed by atoms with Gasteiger partial charge < -0.3 is 5.32 Å². The molecular formula is C13H16N4. The molecule has 2 heterocycles. The van der Waals surface area contributed by atoms with Crippen molar-refractivity contribution < 1.29 is 0 Å². The second kappa shape index (κ2) is 3.45. The lowest BCUT2D eigenvalue weighted by Crippen LogP contribution is -2.08. The monoisotopic (exact) mass is 228 g/mol. The van der Waals surface area contributed by atoms with Crippen LogP contribution in [0.2, 0.25) is 0 Å². The molecular weight excluding hydrogens is 212 g/mol. The van der Waals surface area contributed by atoms with E-state index in [9.17, 15) is 0 Å². The van der Waals surface area contributed by atoms with Crippen LogP contribution in [0, 0.1) is 0 Å². The standard InChI is InChI=1S/C13H16N4/c1-2-9(3-1)11-8-17-13(15-11)7-6-12(16-17)14-10-4-5-10/h6-10H,1-5H2,(H,14,16). The number of nitrogens with one attached hydrogen (secondary N) is 1. The van der Waals surface area contributed by atoms with E-state index in [-0.39, 0.29) is 0 Å². The van der Waals surface area contributed by atoms with E-state index in [4.69, 9.17) is 0 Å². The summed E-state index contributed by atoms with van der Waals surface area (Å²) in [7, 11) is 0. The molecule has 4 nitrogen and oxygen atoms in total. The maximum absolute atomic E-state index is 4.64. The van der Waals surface area contributed by atoms with Gasteiger partial charge in [-0.15, -0.1) is 5.10 Å². The first kappa shape index (κ1) is 9.45. The Labute approximate surface area is 100 Å². The first-order chi connectivity index (χ1) is 8.38. The Bertz CT molecular complexity index is 552. The van der Waals surface area contributed by atoms with Crippen LogP contribution in [0.25, 0.3) is 5.65 Å². The van der Waals surface area contributed by atoms with Gasteiger partial charge in [0.25, 0.3) is 0 Å². The summed E-state index contributed by atoms with van der Waals surface area (Å²) in [6.45, 7) is 0. The highest BCUT2D eigenvalue weighted by molar-refractivity contribution is 5.46. The van der Waals surface area contributed by atoms with E-state index in [0.29, 0.717) is 12.0 Å². The van der Waals surface area contributed by atoms with Crippen LogP contribution < -0.4 is 5.32 Å². The van der Waals surface area contributed by atoms with Crippen molar-refractivity contribution in [1.82, 2.24) is 14.6 Å². The fourth-order valence-corrected chi connectivity index (χ4v) is 2.31. The maximum atomic E-state index is 4.64. The first-order valence-corrected chi connectivity index (χ1v) is 6.51. The quantitative estimate of drug-likeness (QED) is 0.878. The molecule has 2 fully saturated rings. The third kappa shape index (κ3) is 1.68. The molecule has 0 radical (unpaired) electrons. The summed E-state index contributed by atoms with van der Waals surface area (Å²) in [5, 5.41) is 7.97. The lowest BCUT2D eigenvalue weighted by atomic mass is 9.83. The third-order valence-electron chi connectivity index (χ3n) is 3.79. The highest BCUT2D eigenvalue weighted by atomic mass is 15.3. The summed E-state index contributed by atoms with van der Waals surface area (Å²) >= 11 is 0. The molecule has 0 atom stereocenters. The van der Waals surface area contributed by atoms with Crippen molar-refractivity contribution in [3.8, 4) is 0 Å². The number of imidazole rings is 1. The molecule has 0 aliphatic heterocycles. The Kier molecular flexibility index (Phi) is 1.92. The number of hydrogen-bond acceptors (Lipinski definition) is 3. The average molecular weight is 228 g/mol. The van der Waals surface area contributed by atoms with Crippen molar-refractivity contribution in [2.45, 2.75) is 44.1 Å². The van der Waals surface area contributed by atoms with Crippen LogP contribution in [0.5, 0.6) is 0 Å². The number of aromatic nitrogens is 3. The van der Waals surface area contributed by atoms with Gasteiger partial charge in [0.2, 0.25) is 0 Å². The van der Waals surface area contributed by atoms with E-state index in [1.54, 1.807) is 0 Å². The molecule has 0 bridgehead atoms. The molecule has 2 aliphatic rings. The highest BCUT2D eigenvalue weighted by Crippen LogP contribution is 2.35. The maximum Gasteiger partial charge on any atom is 0.153 e. The van der Waals surface area contributed by atoms with Gasteiger partial charge in [-0.1, -0.05) is 6.42 Å². The second-order valence-corrected chi connectivity index (χ2v) is 5.23. The van der Waals surface area contributed by atoms with Crippen LogP contribution in [0.4, 0.5) is 5.82 Å². The summed E-state index contributed by atoms with van der Waals surface area (Å²) < 4.78 is 1.92. The molecule has 2 saturated carbocycles. The SMILES string of the molecule is c1cc2nc(C3CCC3)cn2nc1NC1CC1. The van der Waals surface area contributed by atoms with Gasteiger partial charge in [-0.2, -0.15) is 0 Å². The number of hydrogen-bond donors (Lipinski definition) is 1. The van der Waals surface area contributed by atoms with Crippen LogP contribution >= 0.6 is 0 Å². The lowest BCUT2D eigenvalue weighted by molar-refractivity contribution is 0.412. The first-order valence-electron chi connectivity index (χ1n) is 6.51. The van der Waals surface area contributed by atoms with Crippen molar-refractivity contribution in [3.05, 3.63) is 24.0 Å². The van der Waals surface area contributed by atoms with E-state index in [2.05, 4.69) is 27.7 Å². The third-order valence-corrected chi connectivity index (χ3v) is 3.79. The van der Waals surface area contributed by atoms with E-state index >= 15 is 0 Å². The molecule has 2 aliphatic carbocycles. The second-order valence-electron chi connectivity index (χ2n) is 5.23. The summed E-state index contributed by atoms with van der Waals surface area (Å²) in [6.07, 6.45) is 8.57. The molecule has 0 amide bonds. The Morgan fingerprint density at radius 3 is 2.76 bits per heavy atom. The van der Waals surface area contributed by atoms with Crippen LogP contribution in [0.1, 0.15) is 43.7 Å². The Morgan fingerprint density at radius 2 is 2.06 bits per heavy atom. The van der Waals surface area contributed by atoms with Gasteiger partial charge in [0.15, 0.2) is 5.65 Å². The van der Waals surface area contributed by atoms with Gasteiger partial charge in [0.05, 0.1) is 11.9 Å². The minimum atomic E-state index is 0.648. The molecule has 2 aromatic heterocycles. The van der Waals surface area contributed by atoms with E-state index in [1.165, 1.54) is 37.8 Å². The van der Waals surface area contributed by atoms with Crippen molar-refractivity contribution in [2.75, 3.05) is 5.32 Å². The van der Waals surface area contributed by atoms with Crippen molar-refractivity contribution in [2.24, 2.45) is 0 Å². The molecule has 0 unspecified atom stereocenters. The van der Waals surface area contributed by atoms with Crippen LogP contribution in [-0.4, -0.2) is 20.6 Å². The van der Waals surface area contributed by atoms with Gasteiger partial charge >= 0.3 is 0 Å². The summed E-state index contributed by atoms with van der Waals surface area (Å²) in [4.78, 5) is 4.64. The minimum Gasteiger partial charge on any atom is -0.366 e. The fraction of sp³-hybridized carbons (Fsp3) is 0.538. The van der Waals surface area contributed by atoms with Crippen molar-refractivity contribution >= 4 is 11.5 Å². The van der Waals surface area contributed by atoms with Crippen LogP contribution in [0.3, 0.4) is 0 Å². The molecule has 0 spiro atoms. The Balaban J connectivity index is 1.67. The predicted octanol–water partition coefficient (Wildman–Crippen LogP) is 2.57. The summed E-state index contributed by atoms with van der Waals surface area (Å²) in [6, 6.07) is 4.74. The lowest BCUT2D eigenvalue weighted by Gasteiger charge is -2.22. The average Bonchev–Trinajstić information content (AvgIpc) is 2.94. The zero-order chi connectivity index (χ0) is 11.2. The molecule has 17 heavy (non-hydrogen) atoms. The number of rotatable bonds is 3. The Morgan fingerprint density at radius 1 is 1.18 bits per heavy atom. The number of anilines is 1. The summed E-state index contributed by atoms with van der Waals surface area (Å²) in [5.41, 5.74) is 2.18. The van der Waals surface area contributed by atoms with Crippen LogP contribution in [-0.2, 0) is 0 Å². The number of fused-ring (bicyclic) bond motifs is 1. The van der Waals surface area contributed by atoms with Gasteiger partial charge in [-0.05, 0) is 37.8 Å². The van der Waals surface area contributed by atoms with Crippen molar-refractivity contribution in [1.29, 1.82) is 0 Å². The molecule has 2 aromatic rings. The van der Waals surface area contributed by atoms with Crippen LogP contribution in [0.15, 0.2) is 18.3 Å². The van der Waals surface area contributed by atoms with Gasteiger partial charge in [0.1, 0.15) is 5.82 Å². The molecule has 0 aromatic carbocycles. The molecule has 0 saturated heterocycles. The normalized spacial score (nSPS) is 20.5. The largest absolute Gasteiger partial charge is 0.366 e. The Hall–Kier alpha value is -1.58. The molecule has 4 rings (SSSR count). The zero-order valence-corrected chi connectivity index (χ0v) is 9.76. The van der Waals surface area contributed by atoms with E-state index in [0.717, 1.165) is 11.5 Å². The van der Waals surface area contributed by atoms with E-state index in [1.807, 2.05) is 10.6 Å². The fourth-order valence-electron chi connectivity index (χ4n) is 2.31. The van der Waals surface area contributed by atoms with Crippen molar-refractivity contribution in [3.63, 3.8) is 0 Å². The molecule has 1 N–H and O–H groups in total. The summed E-state index contributed by atoms with van der Waals surface area (Å²) in [5.74, 6) is 1.65. The van der Waals surface area contributed by atoms with E-state index < -0.39 is 0 Å². The molecule has 88 valence electrons. The van der Waals surface area contributed by atoms with Gasteiger partial charge in [-0.3, -0.25) is 0 Å². The predicted molar refractivity (Wildman–Crippen MR) is 66.2 cm³/mol. The van der Waals surface area contributed by atoms with Gasteiger partial charge in [0, 0.05) is 12.0 Å². The molecule has 4 heteroatoms. The smallest absolute Gasteiger partial charge is 0.153 e. The number of nitrogens with zero attached hydrogens (tertiary/aromatic N) is 3. The highest BCUT2D eigenvalue weighted by Gasteiger charge is 2.23. The minimum absolute atomic E-state index is 0.648. The van der Waals surface area contributed by atoms with Gasteiger partial charge in [-0.25, -0.2) is 9.50 Å².